The summed E-state index contributed by atoms with van der Waals surface area (Å²) < 4.78 is 4.64. The summed E-state index contributed by atoms with van der Waals surface area (Å²) in [7, 11) is 0. The molecule has 0 radical (unpaired) electrons. The molecule has 0 saturated carbocycles. The zero-order valence-electron chi connectivity index (χ0n) is 10.7. The topological polar surface area (TPSA) is 111 Å². The third kappa shape index (κ3) is 4.34. The van der Waals surface area contributed by atoms with Gasteiger partial charge < -0.3 is 15.3 Å². The second-order valence-electron chi connectivity index (χ2n) is 3.54. The number of carbonyl (C=O) groups is 2. The van der Waals surface area contributed by atoms with Crippen LogP contribution in [0, 0.1) is 11.3 Å². The highest BCUT2D eigenvalue weighted by molar-refractivity contribution is 5.94. The number of esters is 1. The highest BCUT2D eigenvalue weighted by atomic mass is 16.5. The standard InChI is InChI=1S/C13H13N3O4/c1-2-20-13(19)10(7-14)8-15-16-12(18)9-3-5-11(17)6-4-9/h3-6,8,15,17H,2H2,1H3,(H,16,18)/b10-8+. The smallest absolute Gasteiger partial charge is 0.350 e. The maximum absolute atomic E-state index is 11.6. The summed E-state index contributed by atoms with van der Waals surface area (Å²) in [4.78, 5) is 22.9. The number of nitrogens with zero attached hydrogens (tertiary/aromatic N) is 1. The number of rotatable bonds is 5. The number of nitrogens with one attached hydrogen (secondary N) is 2. The molecular formula is C13H13N3O4. The fourth-order valence-corrected chi connectivity index (χ4v) is 1.20. The monoisotopic (exact) mass is 275 g/mol. The average molecular weight is 275 g/mol. The Morgan fingerprint density at radius 3 is 2.60 bits per heavy atom. The molecule has 0 aliphatic carbocycles. The van der Waals surface area contributed by atoms with E-state index < -0.39 is 11.9 Å². The van der Waals surface area contributed by atoms with Crippen LogP contribution >= 0.6 is 0 Å². The van der Waals surface area contributed by atoms with Gasteiger partial charge in [-0.05, 0) is 31.2 Å². The van der Waals surface area contributed by atoms with Gasteiger partial charge in [-0.1, -0.05) is 0 Å². The Kier molecular flexibility index (Phi) is 5.59. The van der Waals surface area contributed by atoms with Crippen molar-refractivity contribution in [2.75, 3.05) is 6.61 Å². The Bertz CT molecular complexity index is 558. The Hall–Kier alpha value is -3.01. The molecule has 0 saturated heterocycles. The van der Waals surface area contributed by atoms with Crippen molar-refractivity contribution in [1.29, 1.82) is 5.26 Å². The lowest BCUT2D eigenvalue weighted by Gasteiger charge is -2.05. The van der Waals surface area contributed by atoms with Gasteiger partial charge in [0.15, 0.2) is 5.57 Å². The van der Waals surface area contributed by atoms with E-state index in [-0.39, 0.29) is 17.9 Å². The lowest BCUT2D eigenvalue weighted by molar-refractivity contribution is -0.138. The normalized spacial score (nSPS) is 10.3. The highest BCUT2D eigenvalue weighted by Crippen LogP contribution is 2.08. The van der Waals surface area contributed by atoms with Crippen molar-refractivity contribution >= 4 is 11.9 Å². The number of aromatic hydroxyl groups is 1. The molecule has 0 unspecified atom stereocenters. The van der Waals surface area contributed by atoms with Crippen molar-refractivity contribution in [1.82, 2.24) is 10.9 Å². The number of hydrogen-bond donors (Lipinski definition) is 3. The minimum absolute atomic E-state index is 0.0449. The maximum Gasteiger partial charge on any atom is 0.350 e. The van der Waals surface area contributed by atoms with Gasteiger partial charge in [0.25, 0.3) is 5.91 Å². The lowest BCUT2D eigenvalue weighted by Crippen LogP contribution is -2.34. The van der Waals surface area contributed by atoms with Gasteiger partial charge in [0.1, 0.15) is 11.8 Å². The first-order valence-corrected chi connectivity index (χ1v) is 5.70. The van der Waals surface area contributed by atoms with Crippen LogP contribution in [0.1, 0.15) is 17.3 Å². The summed E-state index contributed by atoms with van der Waals surface area (Å²) >= 11 is 0. The van der Waals surface area contributed by atoms with E-state index in [2.05, 4.69) is 15.6 Å². The Labute approximate surface area is 115 Å². The van der Waals surface area contributed by atoms with E-state index in [0.717, 1.165) is 6.20 Å². The summed E-state index contributed by atoms with van der Waals surface area (Å²) in [5, 5.41) is 17.8. The molecule has 0 heterocycles. The summed E-state index contributed by atoms with van der Waals surface area (Å²) in [6.45, 7) is 1.77. The molecule has 3 N–H and O–H groups in total. The van der Waals surface area contributed by atoms with Crippen LogP contribution < -0.4 is 10.9 Å². The molecule has 7 nitrogen and oxygen atoms in total. The number of phenolic OH excluding ortho intramolecular Hbond substituents is 1. The zero-order valence-corrected chi connectivity index (χ0v) is 10.7. The molecule has 0 spiro atoms. The minimum Gasteiger partial charge on any atom is -0.508 e. The van der Waals surface area contributed by atoms with Crippen molar-refractivity contribution < 1.29 is 19.4 Å². The molecule has 1 rings (SSSR count). The molecular weight excluding hydrogens is 262 g/mol. The number of ether oxygens (including phenoxy) is 1. The summed E-state index contributed by atoms with van der Waals surface area (Å²) in [6.07, 6.45) is 1.04. The maximum atomic E-state index is 11.6. The lowest BCUT2D eigenvalue weighted by atomic mass is 10.2. The van der Waals surface area contributed by atoms with E-state index in [9.17, 15) is 9.59 Å². The van der Waals surface area contributed by atoms with Crippen molar-refractivity contribution in [2.24, 2.45) is 0 Å². The third-order valence-electron chi connectivity index (χ3n) is 2.15. The van der Waals surface area contributed by atoms with Gasteiger partial charge in [0.05, 0.1) is 6.61 Å². The van der Waals surface area contributed by atoms with Crippen LogP contribution in [-0.4, -0.2) is 23.6 Å². The number of hydrogen-bond acceptors (Lipinski definition) is 6. The van der Waals surface area contributed by atoms with Gasteiger partial charge in [-0.25, -0.2) is 4.79 Å². The first-order chi connectivity index (χ1) is 9.58. The average Bonchev–Trinajstić information content (AvgIpc) is 2.44. The Morgan fingerprint density at radius 1 is 1.40 bits per heavy atom. The summed E-state index contributed by atoms with van der Waals surface area (Å²) in [6, 6.07) is 7.22. The molecule has 0 fully saturated rings. The van der Waals surface area contributed by atoms with Crippen LogP contribution in [0.2, 0.25) is 0 Å². The third-order valence-corrected chi connectivity index (χ3v) is 2.15. The van der Waals surface area contributed by atoms with Crippen molar-refractivity contribution in [3.8, 4) is 11.8 Å². The molecule has 20 heavy (non-hydrogen) atoms. The number of amides is 1. The number of nitriles is 1. The van der Waals surface area contributed by atoms with Gasteiger partial charge in [0, 0.05) is 11.8 Å². The van der Waals surface area contributed by atoms with Gasteiger partial charge in [-0.3, -0.25) is 10.2 Å². The van der Waals surface area contributed by atoms with Gasteiger partial charge in [-0.2, -0.15) is 5.26 Å². The number of benzene rings is 1. The predicted octanol–water partition coefficient (Wildman–Crippen LogP) is 0.597. The van der Waals surface area contributed by atoms with Crippen molar-refractivity contribution in [3.05, 3.63) is 41.6 Å². The Balaban J connectivity index is 2.58. The molecule has 1 aromatic carbocycles. The fourth-order valence-electron chi connectivity index (χ4n) is 1.20. The van der Waals surface area contributed by atoms with Crippen LogP contribution in [0.3, 0.4) is 0 Å². The molecule has 0 atom stereocenters. The molecule has 0 aliphatic rings. The SMILES string of the molecule is CCOC(=O)/C(C#N)=C/NNC(=O)c1ccc(O)cc1. The first-order valence-electron chi connectivity index (χ1n) is 5.70. The summed E-state index contributed by atoms with van der Waals surface area (Å²) in [5.41, 5.74) is 4.65. The molecule has 0 aromatic heterocycles. The van der Waals surface area contributed by atoms with Gasteiger partial charge in [-0.15, -0.1) is 0 Å². The molecule has 104 valence electrons. The predicted molar refractivity (Wildman–Crippen MR) is 69.0 cm³/mol. The molecule has 0 bridgehead atoms. The number of carbonyl (C=O) groups excluding carboxylic acids is 2. The first kappa shape index (κ1) is 15.0. The molecule has 1 aromatic rings. The van der Waals surface area contributed by atoms with Crippen LogP contribution in [0.25, 0.3) is 0 Å². The van der Waals surface area contributed by atoms with Gasteiger partial charge >= 0.3 is 5.97 Å². The van der Waals surface area contributed by atoms with E-state index in [0.29, 0.717) is 5.56 Å². The fraction of sp³-hybridized carbons (Fsp3) is 0.154. The number of hydrazine groups is 1. The van der Waals surface area contributed by atoms with E-state index in [1.807, 2.05) is 0 Å². The van der Waals surface area contributed by atoms with Gasteiger partial charge in [0.2, 0.25) is 0 Å². The van der Waals surface area contributed by atoms with Crippen LogP contribution in [-0.2, 0) is 9.53 Å². The van der Waals surface area contributed by atoms with Crippen LogP contribution in [0.15, 0.2) is 36.0 Å². The quantitative estimate of drug-likeness (QED) is 0.314. The second kappa shape index (κ2) is 7.43. The van der Waals surface area contributed by atoms with Crippen LogP contribution in [0.4, 0.5) is 0 Å². The second-order valence-corrected chi connectivity index (χ2v) is 3.54. The largest absolute Gasteiger partial charge is 0.508 e. The molecule has 7 heteroatoms. The van der Waals surface area contributed by atoms with Crippen molar-refractivity contribution in [3.63, 3.8) is 0 Å². The van der Waals surface area contributed by atoms with E-state index in [1.165, 1.54) is 24.3 Å². The van der Waals surface area contributed by atoms with E-state index in [1.54, 1.807) is 13.0 Å². The van der Waals surface area contributed by atoms with E-state index >= 15 is 0 Å². The molecule has 0 aliphatic heterocycles. The minimum atomic E-state index is -0.776. The number of phenols is 1. The molecule has 1 amide bonds. The zero-order chi connectivity index (χ0) is 15.0. The Morgan fingerprint density at radius 2 is 2.05 bits per heavy atom. The van der Waals surface area contributed by atoms with Crippen molar-refractivity contribution in [2.45, 2.75) is 6.92 Å². The summed E-state index contributed by atoms with van der Waals surface area (Å²) in [5.74, 6) is -1.22. The highest BCUT2D eigenvalue weighted by Gasteiger charge is 2.09. The van der Waals surface area contributed by atoms with Crippen LogP contribution in [0.5, 0.6) is 5.75 Å². The van der Waals surface area contributed by atoms with E-state index in [4.69, 9.17) is 10.4 Å².